The number of rotatable bonds is 4. The van der Waals surface area contributed by atoms with Gasteiger partial charge in [0, 0.05) is 11.1 Å². The first-order valence-electron chi connectivity index (χ1n) is 6.15. The molecular weight excluding hydrogens is 255 g/mol. The summed E-state index contributed by atoms with van der Waals surface area (Å²) in [4.78, 5) is 24.0. The lowest BCUT2D eigenvalue weighted by Crippen LogP contribution is -2.26. The Morgan fingerprint density at radius 3 is 1.65 bits per heavy atom. The maximum atomic E-state index is 12.0. The number of hydrogen-bond donors (Lipinski definition) is 2. The van der Waals surface area contributed by atoms with Crippen molar-refractivity contribution in [2.45, 2.75) is 6.82 Å². The third-order valence-corrected chi connectivity index (χ3v) is 2.99. The lowest BCUT2D eigenvalue weighted by Gasteiger charge is -2.04. The molecule has 0 atom stereocenters. The summed E-state index contributed by atoms with van der Waals surface area (Å²) in [6.45, 7) is 1.00. The van der Waals surface area contributed by atoms with E-state index in [1.54, 1.807) is 19.0 Å². The van der Waals surface area contributed by atoms with Crippen molar-refractivity contribution in [2.24, 2.45) is 0 Å². The van der Waals surface area contributed by atoms with E-state index in [1.807, 2.05) is 0 Å². The fraction of sp³-hybridized carbons (Fsp3) is 0.0667. The SMILES string of the molecule is CB(O)c1ccc(C(=O)C(=O)c2ccc(O)cc2)cc1. The molecular formula is C15H13BO4. The maximum absolute atomic E-state index is 12.0. The van der Waals surface area contributed by atoms with Crippen molar-refractivity contribution in [1.82, 2.24) is 0 Å². The molecule has 100 valence electrons. The molecule has 20 heavy (non-hydrogen) atoms. The van der Waals surface area contributed by atoms with Crippen molar-refractivity contribution in [3.05, 3.63) is 59.7 Å². The van der Waals surface area contributed by atoms with Crippen LogP contribution in [0.4, 0.5) is 0 Å². The highest BCUT2D eigenvalue weighted by molar-refractivity contribution is 6.64. The minimum absolute atomic E-state index is 0.0373. The second kappa shape index (κ2) is 5.71. The highest BCUT2D eigenvalue weighted by Gasteiger charge is 2.18. The van der Waals surface area contributed by atoms with Gasteiger partial charge in [-0.1, -0.05) is 31.1 Å². The zero-order valence-electron chi connectivity index (χ0n) is 10.9. The monoisotopic (exact) mass is 268 g/mol. The Morgan fingerprint density at radius 1 is 0.850 bits per heavy atom. The lowest BCUT2D eigenvalue weighted by molar-refractivity contribution is 0.0817. The van der Waals surface area contributed by atoms with Crippen LogP contribution in [0, 0.1) is 0 Å². The third kappa shape index (κ3) is 2.95. The molecule has 0 saturated heterocycles. The molecule has 0 heterocycles. The van der Waals surface area contributed by atoms with Crippen LogP contribution in [0.15, 0.2) is 48.5 Å². The van der Waals surface area contributed by atoms with Gasteiger partial charge in [0.05, 0.1) is 0 Å². The minimum atomic E-state index is -0.630. The average molecular weight is 268 g/mol. The molecule has 2 aromatic carbocycles. The number of ketones is 2. The number of Topliss-reactive ketones (excluding diaryl/α,β-unsaturated/α-hetero) is 2. The lowest BCUT2D eigenvalue weighted by atomic mass is 9.64. The summed E-state index contributed by atoms with van der Waals surface area (Å²) in [5.74, 6) is -1.21. The van der Waals surface area contributed by atoms with E-state index in [9.17, 15) is 14.6 Å². The number of aromatic hydroxyl groups is 1. The molecule has 0 radical (unpaired) electrons. The summed E-state index contributed by atoms with van der Waals surface area (Å²) in [6, 6.07) is 11.8. The number of carbonyl (C=O) groups excluding carboxylic acids is 2. The number of phenols is 1. The first-order chi connectivity index (χ1) is 9.49. The van der Waals surface area contributed by atoms with Crippen LogP contribution < -0.4 is 5.46 Å². The summed E-state index contributed by atoms with van der Waals surface area (Å²) in [6.07, 6.45) is 0. The molecule has 4 nitrogen and oxygen atoms in total. The molecule has 0 spiro atoms. The first-order valence-corrected chi connectivity index (χ1v) is 6.15. The Bertz CT molecular complexity index is 630. The van der Waals surface area contributed by atoms with Gasteiger partial charge in [-0.05, 0) is 29.7 Å². The van der Waals surface area contributed by atoms with E-state index in [-0.39, 0.29) is 16.9 Å². The zero-order chi connectivity index (χ0) is 14.7. The van der Waals surface area contributed by atoms with E-state index >= 15 is 0 Å². The van der Waals surface area contributed by atoms with Crippen LogP contribution in [0.2, 0.25) is 6.82 Å². The molecule has 0 aliphatic carbocycles. The highest BCUT2D eigenvalue weighted by Crippen LogP contribution is 2.12. The molecule has 2 rings (SSSR count). The summed E-state index contributed by atoms with van der Waals surface area (Å²) < 4.78 is 0. The quantitative estimate of drug-likeness (QED) is 0.497. The zero-order valence-corrected chi connectivity index (χ0v) is 10.9. The van der Waals surface area contributed by atoms with Crippen LogP contribution >= 0.6 is 0 Å². The Kier molecular flexibility index (Phi) is 4.01. The first kappa shape index (κ1) is 14.0. The number of hydrogen-bond acceptors (Lipinski definition) is 4. The predicted molar refractivity (Wildman–Crippen MR) is 76.7 cm³/mol. The van der Waals surface area contributed by atoms with Gasteiger partial charge < -0.3 is 10.1 Å². The van der Waals surface area contributed by atoms with E-state index in [4.69, 9.17) is 5.11 Å². The number of benzene rings is 2. The Labute approximate surface area is 116 Å². The molecule has 0 amide bonds. The topological polar surface area (TPSA) is 74.6 Å². The molecule has 0 aliphatic rings. The summed E-state index contributed by atoms with van der Waals surface area (Å²) in [5.41, 5.74) is 1.18. The molecule has 0 bridgehead atoms. The van der Waals surface area contributed by atoms with Crippen molar-refractivity contribution >= 4 is 23.9 Å². The van der Waals surface area contributed by atoms with Crippen molar-refractivity contribution in [3.8, 4) is 5.75 Å². The highest BCUT2D eigenvalue weighted by atomic mass is 16.3. The van der Waals surface area contributed by atoms with Crippen molar-refractivity contribution in [1.29, 1.82) is 0 Å². The fourth-order valence-corrected chi connectivity index (χ4v) is 1.79. The Hall–Kier alpha value is -2.40. The molecule has 2 aromatic rings. The third-order valence-electron chi connectivity index (χ3n) is 2.99. The van der Waals surface area contributed by atoms with E-state index in [1.165, 1.54) is 36.4 Å². The van der Waals surface area contributed by atoms with Gasteiger partial charge in [-0.25, -0.2) is 0 Å². The van der Waals surface area contributed by atoms with E-state index in [0.717, 1.165) is 0 Å². The van der Waals surface area contributed by atoms with Crippen LogP contribution in [0.5, 0.6) is 5.75 Å². The minimum Gasteiger partial charge on any atom is -0.508 e. The van der Waals surface area contributed by atoms with Gasteiger partial charge in [-0.15, -0.1) is 0 Å². The van der Waals surface area contributed by atoms with Crippen LogP contribution in [-0.2, 0) is 0 Å². The molecule has 0 saturated carbocycles. The maximum Gasteiger partial charge on any atom is 0.320 e. The van der Waals surface area contributed by atoms with Gasteiger partial charge in [0.25, 0.3) is 0 Å². The van der Waals surface area contributed by atoms with Crippen molar-refractivity contribution < 1.29 is 19.7 Å². The van der Waals surface area contributed by atoms with E-state index < -0.39 is 18.5 Å². The second-order valence-electron chi connectivity index (χ2n) is 4.50. The molecule has 0 aliphatic heterocycles. The van der Waals surface area contributed by atoms with E-state index in [2.05, 4.69) is 0 Å². The molecule has 0 fully saturated rings. The van der Waals surface area contributed by atoms with Gasteiger partial charge in [-0.3, -0.25) is 9.59 Å². The molecule has 2 N–H and O–H groups in total. The largest absolute Gasteiger partial charge is 0.508 e. The van der Waals surface area contributed by atoms with Gasteiger partial charge in [0.1, 0.15) is 5.75 Å². The average Bonchev–Trinajstić information content (AvgIpc) is 2.46. The summed E-state index contributed by atoms with van der Waals surface area (Å²) >= 11 is 0. The van der Waals surface area contributed by atoms with E-state index in [0.29, 0.717) is 5.46 Å². The number of carbonyl (C=O) groups is 2. The molecule has 0 aromatic heterocycles. The standard InChI is InChI=1S/C15H13BO4/c1-16(20)12-6-2-10(3-7-12)14(18)15(19)11-4-8-13(17)9-5-11/h2-9,17,20H,1H3. The van der Waals surface area contributed by atoms with Crippen LogP contribution in [0.1, 0.15) is 20.7 Å². The van der Waals surface area contributed by atoms with Gasteiger partial charge >= 0.3 is 6.92 Å². The second-order valence-corrected chi connectivity index (χ2v) is 4.50. The van der Waals surface area contributed by atoms with Gasteiger partial charge in [0.2, 0.25) is 11.6 Å². The molecule has 5 heteroatoms. The van der Waals surface area contributed by atoms with Crippen LogP contribution in [0.3, 0.4) is 0 Å². The van der Waals surface area contributed by atoms with Crippen molar-refractivity contribution in [3.63, 3.8) is 0 Å². The fourth-order valence-electron chi connectivity index (χ4n) is 1.79. The smallest absolute Gasteiger partial charge is 0.320 e. The van der Waals surface area contributed by atoms with Crippen LogP contribution in [-0.4, -0.2) is 28.6 Å². The predicted octanol–water partition coefficient (Wildman–Crippen LogP) is 1.28. The Morgan fingerprint density at radius 2 is 1.25 bits per heavy atom. The van der Waals surface area contributed by atoms with Crippen molar-refractivity contribution in [2.75, 3.05) is 0 Å². The van der Waals surface area contributed by atoms with Gasteiger partial charge in [0.15, 0.2) is 0 Å². The summed E-state index contributed by atoms with van der Waals surface area (Å²) in [7, 11) is 0. The normalized spacial score (nSPS) is 10.1. The Balaban J connectivity index is 2.22. The molecule has 0 unspecified atom stereocenters. The van der Waals surface area contributed by atoms with Gasteiger partial charge in [-0.2, -0.15) is 0 Å². The van der Waals surface area contributed by atoms with Crippen LogP contribution in [0.25, 0.3) is 0 Å². The number of phenolic OH excluding ortho intramolecular Hbond substituents is 1. The summed E-state index contributed by atoms with van der Waals surface area (Å²) in [5, 5.41) is 18.5.